The molecular weight excluding hydrogens is 245 g/mol. The van der Waals surface area contributed by atoms with Crippen molar-refractivity contribution in [1.29, 1.82) is 5.26 Å². The highest BCUT2D eigenvalue weighted by atomic mass is 19.1. The molecule has 2 N–H and O–H groups in total. The Labute approximate surface area is 101 Å². The van der Waals surface area contributed by atoms with Crippen molar-refractivity contribution in [2.45, 2.75) is 5.92 Å². The molecule has 94 valence electrons. The molecule has 0 unspecified atom stereocenters. The number of nitrogens with zero attached hydrogens (tertiary/aromatic N) is 1. The number of aliphatic carboxylic acids is 2. The van der Waals surface area contributed by atoms with Gasteiger partial charge in [-0.05, 0) is 12.1 Å². The largest absolute Gasteiger partial charge is 0.495 e. The normalized spacial score (nSPS) is 9.89. The van der Waals surface area contributed by atoms with E-state index in [1.165, 1.54) is 7.11 Å². The van der Waals surface area contributed by atoms with Crippen molar-refractivity contribution in [2.75, 3.05) is 7.11 Å². The summed E-state index contributed by atoms with van der Waals surface area (Å²) < 4.78 is 18.4. The van der Waals surface area contributed by atoms with Crippen LogP contribution in [0.3, 0.4) is 0 Å². The minimum Gasteiger partial charge on any atom is -0.495 e. The van der Waals surface area contributed by atoms with Crippen LogP contribution < -0.4 is 4.74 Å². The van der Waals surface area contributed by atoms with Crippen LogP contribution in [0.15, 0.2) is 12.1 Å². The van der Waals surface area contributed by atoms with Crippen molar-refractivity contribution < 1.29 is 28.9 Å². The lowest BCUT2D eigenvalue weighted by Crippen LogP contribution is -2.22. The summed E-state index contributed by atoms with van der Waals surface area (Å²) in [6, 6.07) is 3.30. The summed E-state index contributed by atoms with van der Waals surface area (Å²) in [7, 11) is 1.20. The second-order valence-electron chi connectivity index (χ2n) is 3.30. The third-order valence-electron chi connectivity index (χ3n) is 2.24. The van der Waals surface area contributed by atoms with Crippen LogP contribution in [-0.2, 0) is 9.59 Å². The number of methoxy groups -OCH3 is 1. The first-order valence-electron chi connectivity index (χ1n) is 4.65. The van der Waals surface area contributed by atoms with Gasteiger partial charge >= 0.3 is 11.9 Å². The van der Waals surface area contributed by atoms with E-state index in [1.807, 2.05) is 0 Å². The van der Waals surface area contributed by atoms with Crippen molar-refractivity contribution in [3.63, 3.8) is 0 Å². The molecule has 1 aromatic rings. The van der Waals surface area contributed by atoms with Gasteiger partial charge in [-0.25, -0.2) is 4.39 Å². The highest BCUT2D eigenvalue weighted by Gasteiger charge is 2.31. The Morgan fingerprint density at radius 2 is 1.94 bits per heavy atom. The molecule has 0 saturated heterocycles. The minimum absolute atomic E-state index is 0.0820. The van der Waals surface area contributed by atoms with Gasteiger partial charge in [0.25, 0.3) is 0 Å². The average molecular weight is 253 g/mol. The second kappa shape index (κ2) is 5.14. The molecule has 6 nitrogen and oxygen atoms in total. The third kappa shape index (κ3) is 2.38. The Morgan fingerprint density at radius 1 is 1.39 bits per heavy atom. The Hall–Kier alpha value is -2.62. The number of benzene rings is 1. The number of rotatable bonds is 4. The molecule has 0 atom stereocenters. The maximum atomic E-state index is 13.6. The van der Waals surface area contributed by atoms with Gasteiger partial charge in [0.2, 0.25) is 0 Å². The highest BCUT2D eigenvalue weighted by molar-refractivity contribution is 5.99. The topological polar surface area (TPSA) is 108 Å². The quantitative estimate of drug-likeness (QED) is 0.773. The number of carbonyl (C=O) groups is 2. The lowest BCUT2D eigenvalue weighted by Gasteiger charge is -2.11. The smallest absolute Gasteiger partial charge is 0.322 e. The van der Waals surface area contributed by atoms with E-state index >= 15 is 0 Å². The van der Waals surface area contributed by atoms with Gasteiger partial charge in [0, 0.05) is 5.56 Å². The summed E-state index contributed by atoms with van der Waals surface area (Å²) in [6.45, 7) is 0. The van der Waals surface area contributed by atoms with Crippen molar-refractivity contribution in [3.05, 3.63) is 29.1 Å². The van der Waals surface area contributed by atoms with Crippen LogP contribution in [0, 0.1) is 17.1 Å². The number of nitriles is 1. The molecule has 0 amide bonds. The summed E-state index contributed by atoms with van der Waals surface area (Å²) >= 11 is 0. The fourth-order valence-corrected chi connectivity index (χ4v) is 1.42. The molecule has 1 aromatic carbocycles. The Balaban J connectivity index is 3.46. The summed E-state index contributed by atoms with van der Waals surface area (Å²) in [5, 5.41) is 26.2. The summed E-state index contributed by atoms with van der Waals surface area (Å²) in [4.78, 5) is 21.6. The van der Waals surface area contributed by atoms with Crippen LogP contribution in [0.2, 0.25) is 0 Å². The molecule has 0 aliphatic rings. The van der Waals surface area contributed by atoms with Gasteiger partial charge in [-0.3, -0.25) is 9.59 Å². The molecule has 0 bridgehead atoms. The van der Waals surface area contributed by atoms with E-state index in [1.54, 1.807) is 6.07 Å². The molecule has 0 fully saturated rings. The van der Waals surface area contributed by atoms with Gasteiger partial charge in [-0.2, -0.15) is 5.26 Å². The molecule has 7 heteroatoms. The lowest BCUT2D eigenvalue weighted by molar-refractivity contribution is -0.150. The van der Waals surface area contributed by atoms with E-state index in [4.69, 9.17) is 20.2 Å². The molecule has 0 heterocycles. The van der Waals surface area contributed by atoms with Crippen molar-refractivity contribution in [3.8, 4) is 11.8 Å². The zero-order valence-electron chi connectivity index (χ0n) is 9.18. The molecule has 1 rings (SSSR count). The van der Waals surface area contributed by atoms with Crippen molar-refractivity contribution >= 4 is 11.9 Å². The summed E-state index contributed by atoms with van der Waals surface area (Å²) in [5.41, 5.74) is -0.709. The predicted octanol–water partition coefficient (Wildman–Crippen LogP) is 0.959. The van der Waals surface area contributed by atoms with Gasteiger partial charge in [-0.15, -0.1) is 0 Å². The van der Waals surface area contributed by atoms with Crippen LogP contribution >= 0.6 is 0 Å². The summed E-state index contributed by atoms with van der Waals surface area (Å²) in [6.07, 6.45) is 0. The first-order chi connectivity index (χ1) is 8.42. The van der Waals surface area contributed by atoms with Gasteiger partial charge in [0.15, 0.2) is 5.92 Å². The Kier molecular flexibility index (Phi) is 3.84. The van der Waals surface area contributed by atoms with Gasteiger partial charge in [0.05, 0.1) is 12.7 Å². The third-order valence-corrected chi connectivity index (χ3v) is 2.24. The molecule has 0 saturated carbocycles. The highest BCUT2D eigenvalue weighted by Crippen LogP contribution is 2.28. The molecule has 0 aliphatic heterocycles. The number of halogens is 1. The van der Waals surface area contributed by atoms with Gasteiger partial charge < -0.3 is 14.9 Å². The minimum atomic E-state index is -2.05. The number of carboxylic acid groups (broad SMARTS) is 2. The van der Waals surface area contributed by atoms with E-state index in [0.717, 1.165) is 12.1 Å². The van der Waals surface area contributed by atoms with Crippen molar-refractivity contribution in [2.24, 2.45) is 0 Å². The first-order valence-corrected chi connectivity index (χ1v) is 4.65. The van der Waals surface area contributed by atoms with Crippen LogP contribution in [0.25, 0.3) is 0 Å². The van der Waals surface area contributed by atoms with Crippen LogP contribution in [0.4, 0.5) is 4.39 Å². The van der Waals surface area contributed by atoms with Crippen LogP contribution in [-0.4, -0.2) is 29.3 Å². The molecular formula is C11H8FNO5. The van der Waals surface area contributed by atoms with Gasteiger partial charge in [-0.1, -0.05) is 0 Å². The van der Waals surface area contributed by atoms with E-state index in [-0.39, 0.29) is 11.3 Å². The average Bonchev–Trinajstić information content (AvgIpc) is 2.30. The predicted molar refractivity (Wildman–Crippen MR) is 55.7 cm³/mol. The number of hydrogen-bond donors (Lipinski definition) is 2. The molecule has 0 radical (unpaired) electrons. The first kappa shape index (κ1) is 13.4. The monoisotopic (exact) mass is 253 g/mol. The number of hydrogen-bond acceptors (Lipinski definition) is 4. The Morgan fingerprint density at radius 3 is 2.33 bits per heavy atom. The lowest BCUT2D eigenvalue weighted by atomic mass is 9.97. The van der Waals surface area contributed by atoms with Crippen LogP contribution in [0.5, 0.6) is 5.75 Å². The maximum Gasteiger partial charge on any atom is 0.322 e. The Bertz CT molecular complexity index is 535. The molecule has 18 heavy (non-hydrogen) atoms. The molecule has 0 spiro atoms. The van der Waals surface area contributed by atoms with E-state index in [9.17, 15) is 14.0 Å². The molecule has 0 aromatic heterocycles. The number of carboxylic acids is 2. The van der Waals surface area contributed by atoms with Crippen LogP contribution in [0.1, 0.15) is 17.0 Å². The zero-order chi connectivity index (χ0) is 13.9. The zero-order valence-corrected chi connectivity index (χ0v) is 9.18. The fourth-order valence-electron chi connectivity index (χ4n) is 1.42. The van der Waals surface area contributed by atoms with E-state index in [2.05, 4.69) is 0 Å². The van der Waals surface area contributed by atoms with E-state index in [0.29, 0.717) is 0 Å². The second-order valence-corrected chi connectivity index (χ2v) is 3.30. The maximum absolute atomic E-state index is 13.6. The molecule has 0 aliphatic carbocycles. The van der Waals surface area contributed by atoms with Gasteiger partial charge in [0.1, 0.15) is 17.6 Å². The number of ether oxygens (including phenoxy) is 1. The standard InChI is InChI=1S/C11H8FNO5/c1-18-8-3-6(7(12)2-5(8)4-13)9(10(14)15)11(16)17/h2-3,9H,1H3,(H,14,15)(H,16,17). The fraction of sp³-hybridized carbons (Fsp3) is 0.182. The van der Waals surface area contributed by atoms with Crippen molar-refractivity contribution in [1.82, 2.24) is 0 Å². The van der Waals surface area contributed by atoms with E-state index < -0.39 is 29.2 Å². The SMILES string of the molecule is COc1cc(C(C(=O)O)C(=O)O)c(F)cc1C#N. The summed E-state index contributed by atoms with van der Waals surface area (Å²) in [5.74, 6) is -6.61.